The lowest BCUT2D eigenvalue weighted by atomic mass is 10.1. The summed E-state index contributed by atoms with van der Waals surface area (Å²) < 4.78 is 0. The van der Waals surface area contributed by atoms with Gasteiger partial charge in [0.2, 0.25) is 0 Å². The molecule has 5 heteroatoms. The highest BCUT2D eigenvalue weighted by atomic mass is 35.5. The highest BCUT2D eigenvalue weighted by molar-refractivity contribution is 6.34. The molecule has 0 aliphatic rings. The Morgan fingerprint density at radius 1 is 1.29 bits per heavy atom. The number of pyridine rings is 1. The molecule has 1 aromatic carbocycles. The predicted molar refractivity (Wildman–Crippen MR) is 86.9 cm³/mol. The number of fused-ring (bicyclic) bond motifs is 1. The van der Waals surface area contributed by atoms with Gasteiger partial charge in [0.1, 0.15) is 11.0 Å². The second kappa shape index (κ2) is 6.14. The Balaban J connectivity index is 1.62. The van der Waals surface area contributed by atoms with Crippen molar-refractivity contribution < 1.29 is 0 Å². The van der Waals surface area contributed by atoms with Gasteiger partial charge in [0.15, 0.2) is 0 Å². The zero-order valence-corrected chi connectivity index (χ0v) is 12.6. The third kappa shape index (κ3) is 3.16. The second-order valence-corrected chi connectivity index (χ2v) is 5.43. The molecular formula is C16H17ClN4. The third-order valence-electron chi connectivity index (χ3n) is 3.56. The van der Waals surface area contributed by atoms with Crippen molar-refractivity contribution in [2.45, 2.75) is 19.8 Å². The van der Waals surface area contributed by atoms with E-state index in [9.17, 15) is 0 Å². The topological polar surface area (TPSA) is 53.6 Å². The van der Waals surface area contributed by atoms with Gasteiger partial charge in [-0.25, -0.2) is 4.98 Å². The van der Waals surface area contributed by atoms with Crippen LogP contribution in [0.1, 0.15) is 17.7 Å². The number of H-pyrrole nitrogens is 1. The molecule has 2 N–H and O–H groups in total. The number of anilines is 1. The molecule has 0 amide bonds. The average Bonchev–Trinajstić information content (AvgIpc) is 2.89. The predicted octanol–water partition coefficient (Wildman–Crippen LogP) is 3.96. The summed E-state index contributed by atoms with van der Waals surface area (Å²) in [6.45, 7) is 2.90. The molecule has 4 nitrogen and oxygen atoms in total. The molecule has 2 heterocycles. The van der Waals surface area contributed by atoms with E-state index in [1.165, 1.54) is 5.56 Å². The van der Waals surface area contributed by atoms with E-state index in [0.717, 1.165) is 41.7 Å². The number of nitrogens with one attached hydrogen (secondary N) is 2. The molecule has 0 aliphatic carbocycles. The smallest absolute Gasteiger partial charge is 0.139 e. The zero-order chi connectivity index (χ0) is 14.7. The van der Waals surface area contributed by atoms with Crippen molar-refractivity contribution in [3.63, 3.8) is 0 Å². The molecule has 0 radical (unpaired) electrons. The number of hydrogen-bond donors (Lipinski definition) is 2. The summed E-state index contributed by atoms with van der Waals surface area (Å²) in [5, 5.41) is 12.9. The maximum Gasteiger partial charge on any atom is 0.139 e. The molecular weight excluding hydrogens is 284 g/mol. The van der Waals surface area contributed by atoms with E-state index in [1.54, 1.807) is 0 Å². The maximum absolute atomic E-state index is 6.21. The van der Waals surface area contributed by atoms with Gasteiger partial charge in [0.05, 0.1) is 6.20 Å². The van der Waals surface area contributed by atoms with E-state index in [1.807, 2.05) is 43.5 Å². The second-order valence-electron chi connectivity index (χ2n) is 5.07. The molecule has 3 aromatic rings. The van der Waals surface area contributed by atoms with Crippen molar-refractivity contribution in [2.24, 2.45) is 0 Å². The first-order chi connectivity index (χ1) is 10.2. The van der Waals surface area contributed by atoms with E-state index in [0.29, 0.717) is 5.15 Å². The number of hydrogen-bond acceptors (Lipinski definition) is 3. The largest absolute Gasteiger partial charge is 0.370 e. The highest BCUT2D eigenvalue weighted by Gasteiger charge is 2.04. The quantitative estimate of drug-likeness (QED) is 0.554. The van der Waals surface area contributed by atoms with E-state index in [2.05, 4.69) is 20.5 Å². The van der Waals surface area contributed by atoms with Crippen molar-refractivity contribution in [3.05, 3.63) is 52.9 Å². The van der Waals surface area contributed by atoms with Gasteiger partial charge < -0.3 is 5.32 Å². The van der Waals surface area contributed by atoms with E-state index >= 15 is 0 Å². The molecule has 0 spiro atoms. The fourth-order valence-corrected chi connectivity index (χ4v) is 2.63. The minimum absolute atomic E-state index is 0.543. The summed E-state index contributed by atoms with van der Waals surface area (Å²) in [6, 6.07) is 10.0. The fourth-order valence-electron chi connectivity index (χ4n) is 2.37. The number of benzene rings is 1. The van der Waals surface area contributed by atoms with Crippen LogP contribution in [0.15, 0.2) is 36.5 Å². The number of aromatic amines is 1. The van der Waals surface area contributed by atoms with Gasteiger partial charge in [0, 0.05) is 17.6 Å². The van der Waals surface area contributed by atoms with Crippen LogP contribution in [0.25, 0.3) is 10.8 Å². The van der Waals surface area contributed by atoms with Gasteiger partial charge in [-0.1, -0.05) is 35.9 Å². The van der Waals surface area contributed by atoms with Crippen molar-refractivity contribution in [2.75, 3.05) is 11.9 Å². The summed E-state index contributed by atoms with van der Waals surface area (Å²) in [5.41, 5.74) is 2.41. The molecule has 0 fully saturated rings. The molecule has 2 aromatic heterocycles. The van der Waals surface area contributed by atoms with Gasteiger partial charge in [-0.05, 0) is 36.8 Å². The summed E-state index contributed by atoms with van der Waals surface area (Å²) in [6.07, 6.45) is 3.91. The fraction of sp³-hybridized carbons (Fsp3) is 0.250. The van der Waals surface area contributed by atoms with Crippen molar-refractivity contribution >= 4 is 28.2 Å². The Hall–Kier alpha value is -2.07. The molecule has 0 saturated carbocycles. The molecule has 0 atom stereocenters. The first-order valence-corrected chi connectivity index (χ1v) is 7.40. The number of aromatic nitrogens is 3. The van der Waals surface area contributed by atoms with Gasteiger partial charge >= 0.3 is 0 Å². The van der Waals surface area contributed by atoms with Crippen LogP contribution in [-0.4, -0.2) is 21.7 Å². The van der Waals surface area contributed by atoms with Crippen molar-refractivity contribution in [1.82, 2.24) is 15.2 Å². The summed E-state index contributed by atoms with van der Waals surface area (Å²) in [4.78, 5) is 4.39. The Bertz CT molecular complexity index is 751. The minimum Gasteiger partial charge on any atom is -0.370 e. The molecule has 3 rings (SSSR count). The molecule has 0 bridgehead atoms. The first-order valence-electron chi connectivity index (χ1n) is 7.02. The summed E-state index contributed by atoms with van der Waals surface area (Å²) in [7, 11) is 0. The SMILES string of the molecule is Cc1[nH]ncc1CCCNc1cc2ccccc2c(Cl)n1. The minimum atomic E-state index is 0.543. The van der Waals surface area contributed by atoms with Gasteiger partial charge in [-0.3, -0.25) is 5.10 Å². The van der Waals surface area contributed by atoms with Crippen molar-refractivity contribution in [1.29, 1.82) is 0 Å². The number of nitrogens with zero attached hydrogens (tertiary/aromatic N) is 2. The summed E-state index contributed by atoms with van der Waals surface area (Å²) >= 11 is 6.21. The third-order valence-corrected chi connectivity index (χ3v) is 3.85. The maximum atomic E-state index is 6.21. The molecule has 0 unspecified atom stereocenters. The van der Waals surface area contributed by atoms with Crippen molar-refractivity contribution in [3.8, 4) is 0 Å². The van der Waals surface area contributed by atoms with Crippen LogP contribution in [0.5, 0.6) is 0 Å². The lowest BCUT2D eigenvalue weighted by molar-refractivity contribution is 0.854. The van der Waals surface area contributed by atoms with Gasteiger partial charge in [0.25, 0.3) is 0 Å². The van der Waals surface area contributed by atoms with Gasteiger partial charge in [-0.15, -0.1) is 0 Å². The molecule has 0 saturated heterocycles. The molecule has 0 aliphatic heterocycles. The highest BCUT2D eigenvalue weighted by Crippen LogP contribution is 2.24. The lowest BCUT2D eigenvalue weighted by Crippen LogP contribution is -2.05. The molecule has 108 valence electrons. The molecule has 21 heavy (non-hydrogen) atoms. The van der Waals surface area contributed by atoms with E-state index in [4.69, 9.17) is 11.6 Å². The normalized spacial score (nSPS) is 11.0. The Morgan fingerprint density at radius 2 is 2.14 bits per heavy atom. The monoisotopic (exact) mass is 300 g/mol. The van der Waals surface area contributed by atoms with Crippen LogP contribution < -0.4 is 5.32 Å². The standard InChI is InChI=1S/C16H17ClN4/c1-11-13(10-19-21-11)6-4-8-18-15-9-12-5-2-3-7-14(12)16(17)20-15/h2-3,5,7,9-10H,4,6,8H2,1H3,(H,18,20)(H,19,21). The van der Waals surface area contributed by atoms with Crippen LogP contribution in [0.4, 0.5) is 5.82 Å². The Kier molecular flexibility index (Phi) is 4.06. The average molecular weight is 301 g/mol. The van der Waals surface area contributed by atoms with E-state index in [-0.39, 0.29) is 0 Å². The number of aryl methyl sites for hydroxylation is 2. The van der Waals surface area contributed by atoms with Crippen LogP contribution in [0.2, 0.25) is 5.15 Å². The van der Waals surface area contributed by atoms with E-state index < -0.39 is 0 Å². The Morgan fingerprint density at radius 3 is 2.95 bits per heavy atom. The summed E-state index contributed by atoms with van der Waals surface area (Å²) in [5.74, 6) is 0.822. The lowest BCUT2D eigenvalue weighted by Gasteiger charge is -2.08. The number of rotatable bonds is 5. The van der Waals surface area contributed by atoms with Gasteiger partial charge in [-0.2, -0.15) is 5.10 Å². The van der Waals surface area contributed by atoms with Crippen LogP contribution in [-0.2, 0) is 6.42 Å². The van der Waals surface area contributed by atoms with Crippen LogP contribution >= 0.6 is 11.6 Å². The first kappa shape index (κ1) is 13.9. The zero-order valence-electron chi connectivity index (χ0n) is 11.9. The number of halogens is 1. The van der Waals surface area contributed by atoms with Crippen LogP contribution in [0.3, 0.4) is 0 Å². The van der Waals surface area contributed by atoms with Crippen LogP contribution in [0, 0.1) is 6.92 Å². The Labute approximate surface area is 128 Å².